The lowest BCUT2D eigenvalue weighted by Gasteiger charge is -2.46. The van der Waals surface area contributed by atoms with Crippen LogP contribution in [0.25, 0.3) is 17.2 Å². The molecule has 1 aromatic carbocycles. The summed E-state index contributed by atoms with van der Waals surface area (Å²) in [5.41, 5.74) is 9.78. The molecule has 1 saturated heterocycles. The smallest absolute Gasteiger partial charge is 0.283 e. The first-order chi connectivity index (χ1) is 14.0. The van der Waals surface area contributed by atoms with E-state index in [0.717, 1.165) is 54.5 Å². The first kappa shape index (κ1) is 19.7. The van der Waals surface area contributed by atoms with Crippen molar-refractivity contribution in [1.29, 1.82) is 0 Å². The Hall–Kier alpha value is -2.60. The number of rotatable bonds is 5. The van der Waals surface area contributed by atoms with Crippen LogP contribution in [0, 0.1) is 0 Å². The highest BCUT2D eigenvalue weighted by Gasteiger charge is 2.47. The molecule has 6 nitrogen and oxygen atoms in total. The van der Waals surface area contributed by atoms with E-state index in [-0.39, 0.29) is 11.6 Å². The van der Waals surface area contributed by atoms with Crippen LogP contribution in [0.15, 0.2) is 42.2 Å². The van der Waals surface area contributed by atoms with Crippen LogP contribution in [0.1, 0.15) is 50.7 Å². The van der Waals surface area contributed by atoms with E-state index in [1.165, 1.54) is 0 Å². The molecule has 2 aromatic rings. The van der Waals surface area contributed by atoms with Crippen molar-refractivity contribution in [3.63, 3.8) is 0 Å². The highest BCUT2D eigenvalue weighted by Crippen LogP contribution is 2.45. The van der Waals surface area contributed by atoms with Gasteiger partial charge in [0.1, 0.15) is 5.60 Å². The lowest BCUT2D eigenvalue weighted by atomic mass is 9.75. The van der Waals surface area contributed by atoms with Gasteiger partial charge in [0.25, 0.3) is 6.02 Å². The van der Waals surface area contributed by atoms with Crippen molar-refractivity contribution in [2.24, 2.45) is 10.7 Å². The number of benzene rings is 1. The van der Waals surface area contributed by atoms with Gasteiger partial charge >= 0.3 is 0 Å². The Bertz CT molecular complexity index is 927. The van der Waals surface area contributed by atoms with Gasteiger partial charge in [-0.1, -0.05) is 31.7 Å². The monoisotopic (exact) mass is 394 g/mol. The van der Waals surface area contributed by atoms with E-state index in [4.69, 9.17) is 20.2 Å². The fourth-order valence-electron chi connectivity index (χ4n) is 4.61. The fourth-order valence-corrected chi connectivity index (χ4v) is 4.61. The fraction of sp³-hybridized carbons (Fsp3) is 0.478. The van der Waals surface area contributed by atoms with Crippen LogP contribution >= 0.6 is 0 Å². The second-order valence-corrected chi connectivity index (χ2v) is 8.30. The maximum absolute atomic E-state index is 6.18. The van der Waals surface area contributed by atoms with Gasteiger partial charge in [0.15, 0.2) is 0 Å². The largest absolute Gasteiger partial charge is 0.459 e. The molecule has 154 valence electrons. The zero-order valence-electron chi connectivity index (χ0n) is 17.4. The average Bonchev–Trinajstić information content (AvgIpc) is 3.16. The number of hydrogen-bond acceptors (Lipinski definition) is 5. The van der Waals surface area contributed by atoms with Gasteiger partial charge in [-0.2, -0.15) is 5.10 Å². The number of aryl methyl sites for hydroxylation is 1. The van der Waals surface area contributed by atoms with Gasteiger partial charge in [-0.25, -0.2) is 4.99 Å². The van der Waals surface area contributed by atoms with E-state index in [2.05, 4.69) is 49.9 Å². The quantitative estimate of drug-likeness (QED) is 0.828. The second-order valence-electron chi connectivity index (χ2n) is 8.30. The Morgan fingerprint density at radius 2 is 2.07 bits per heavy atom. The molecule has 2 aliphatic rings. The van der Waals surface area contributed by atoms with E-state index in [1.807, 2.05) is 17.0 Å². The van der Waals surface area contributed by atoms with Crippen molar-refractivity contribution in [2.45, 2.75) is 57.2 Å². The van der Waals surface area contributed by atoms with E-state index in [1.54, 1.807) is 0 Å². The minimum absolute atomic E-state index is 0.261. The predicted molar refractivity (Wildman–Crippen MR) is 116 cm³/mol. The number of hydrogen-bond donors (Lipinski definition) is 1. The molecule has 0 radical (unpaired) electrons. The molecule has 0 aliphatic carbocycles. The standard InChI is InChI=1S/C23H30N4O2/c1-4-10-27-15-19(14-25-27)18-7-6-17(5-2)20(13-18)22(3)16-23(29-21(24)26-22)8-11-28-12-9-23/h5-7,13-15H,2,4,8-12,16H2,1,3H3,(H2,24,26). The Morgan fingerprint density at radius 3 is 2.79 bits per heavy atom. The molecule has 2 aliphatic heterocycles. The molecule has 2 N–H and O–H groups in total. The third-order valence-corrected chi connectivity index (χ3v) is 6.02. The van der Waals surface area contributed by atoms with Crippen LogP contribution in [-0.4, -0.2) is 34.6 Å². The molecule has 1 unspecified atom stereocenters. The van der Waals surface area contributed by atoms with E-state index < -0.39 is 5.54 Å². The summed E-state index contributed by atoms with van der Waals surface area (Å²) in [6, 6.07) is 6.70. The summed E-state index contributed by atoms with van der Waals surface area (Å²) < 4.78 is 13.6. The number of aromatic nitrogens is 2. The summed E-state index contributed by atoms with van der Waals surface area (Å²) in [5.74, 6) is 0. The van der Waals surface area contributed by atoms with Gasteiger partial charge in [-0.15, -0.1) is 0 Å². The summed E-state index contributed by atoms with van der Waals surface area (Å²) in [4.78, 5) is 4.77. The molecule has 0 saturated carbocycles. The molecule has 1 aromatic heterocycles. The van der Waals surface area contributed by atoms with Gasteiger partial charge in [0.2, 0.25) is 0 Å². The topological polar surface area (TPSA) is 74.7 Å². The number of amidine groups is 1. The molecule has 29 heavy (non-hydrogen) atoms. The van der Waals surface area contributed by atoms with Crippen LogP contribution in [0.4, 0.5) is 0 Å². The molecular weight excluding hydrogens is 364 g/mol. The van der Waals surface area contributed by atoms with E-state index in [9.17, 15) is 0 Å². The van der Waals surface area contributed by atoms with Crippen LogP contribution in [0.3, 0.4) is 0 Å². The van der Waals surface area contributed by atoms with Gasteiger partial charge in [0, 0.05) is 37.6 Å². The van der Waals surface area contributed by atoms with Crippen LogP contribution < -0.4 is 5.73 Å². The Balaban J connectivity index is 1.75. The van der Waals surface area contributed by atoms with Crippen LogP contribution in [0.2, 0.25) is 0 Å². The summed E-state index contributed by atoms with van der Waals surface area (Å²) in [6.07, 6.45) is 9.38. The van der Waals surface area contributed by atoms with Crippen molar-refractivity contribution in [2.75, 3.05) is 13.2 Å². The molecule has 3 heterocycles. The van der Waals surface area contributed by atoms with Gasteiger partial charge in [-0.3, -0.25) is 4.68 Å². The third-order valence-electron chi connectivity index (χ3n) is 6.02. The highest BCUT2D eigenvalue weighted by molar-refractivity contribution is 5.75. The minimum Gasteiger partial charge on any atom is -0.459 e. The van der Waals surface area contributed by atoms with E-state index >= 15 is 0 Å². The summed E-state index contributed by atoms with van der Waals surface area (Å²) in [5, 5.41) is 4.48. The molecule has 1 fully saturated rings. The maximum atomic E-state index is 6.18. The molecular formula is C23H30N4O2. The van der Waals surface area contributed by atoms with Crippen molar-refractivity contribution in [1.82, 2.24) is 9.78 Å². The van der Waals surface area contributed by atoms with Gasteiger partial charge < -0.3 is 15.2 Å². The molecule has 4 rings (SSSR count). The number of ether oxygens (including phenoxy) is 2. The summed E-state index contributed by atoms with van der Waals surface area (Å²) in [7, 11) is 0. The normalized spacial score (nSPS) is 23.4. The molecule has 1 atom stereocenters. The van der Waals surface area contributed by atoms with Crippen LogP contribution in [-0.2, 0) is 21.6 Å². The number of aliphatic imine (C=N–C) groups is 1. The van der Waals surface area contributed by atoms with E-state index in [0.29, 0.717) is 13.2 Å². The molecule has 1 spiro atoms. The predicted octanol–water partition coefficient (Wildman–Crippen LogP) is 4.10. The van der Waals surface area contributed by atoms with Crippen molar-refractivity contribution >= 4 is 12.1 Å². The highest BCUT2D eigenvalue weighted by atomic mass is 16.5. The lowest BCUT2D eigenvalue weighted by molar-refractivity contribution is -0.0793. The van der Waals surface area contributed by atoms with Crippen molar-refractivity contribution < 1.29 is 9.47 Å². The summed E-state index contributed by atoms with van der Waals surface area (Å²) in [6.45, 7) is 10.6. The van der Waals surface area contributed by atoms with Gasteiger partial charge in [-0.05, 0) is 36.1 Å². The number of nitrogens with zero attached hydrogens (tertiary/aromatic N) is 3. The van der Waals surface area contributed by atoms with Gasteiger partial charge in [0.05, 0.1) is 24.9 Å². The van der Waals surface area contributed by atoms with Crippen LogP contribution in [0.5, 0.6) is 0 Å². The zero-order valence-corrected chi connectivity index (χ0v) is 17.4. The maximum Gasteiger partial charge on any atom is 0.283 e. The number of nitrogens with two attached hydrogens (primary N) is 1. The Labute approximate surface area is 172 Å². The Morgan fingerprint density at radius 1 is 1.28 bits per heavy atom. The second kappa shape index (κ2) is 7.67. The lowest BCUT2D eigenvalue weighted by Crippen LogP contribution is -2.51. The molecule has 0 bridgehead atoms. The molecule has 0 amide bonds. The van der Waals surface area contributed by atoms with Crippen molar-refractivity contribution in [3.8, 4) is 11.1 Å². The third kappa shape index (κ3) is 3.81. The minimum atomic E-state index is -0.487. The van der Waals surface area contributed by atoms with Crippen molar-refractivity contribution in [3.05, 3.63) is 48.3 Å². The zero-order chi connectivity index (χ0) is 20.5. The SMILES string of the molecule is C=Cc1ccc(-c2cnn(CCC)c2)cc1C1(C)CC2(CCOCC2)OC(N)=N1. The first-order valence-corrected chi connectivity index (χ1v) is 10.4. The Kier molecular flexibility index (Phi) is 5.21. The molecule has 6 heteroatoms. The summed E-state index contributed by atoms with van der Waals surface area (Å²) >= 11 is 0. The first-order valence-electron chi connectivity index (χ1n) is 10.4. The average molecular weight is 395 g/mol.